The number of nitrogens with zero attached hydrogens (tertiary/aromatic N) is 2. The van der Waals surface area contributed by atoms with E-state index in [0.29, 0.717) is 37.7 Å². The number of anilines is 1. The average molecular weight is 490 g/mol. The number of carbonyl (C=O) groups excluding carboxylic acids is 1. The third-order valence-corrected chi connectivity index (χ3v) is 7.72. The molecule has 9 heteroatoms. The van der Waals surface area contributed by atoms with Crippen LogP contribution in [0.3, 0.4) is 0 Å². The number of likely N-dealkylation sites (N-methyl/N-ethyl adjacent to an activating group) is 1. The van der Waals surface area contributed by atoms with Crippen LogP contribution in [-0.4, -0.2) is 70.5 Å². The average Bonchev–Trinajstić information content (AvgIpc) is 3.10. The van der Waals surface area contributed by atoms with Crippen LogP contribution in [0.5, 0.6) is 11.5 Å². The van der Waals surface area contributed by atoms with Crippen molar-refractivity contribution in [1.29, 1.82) is 0 Å². The number of ether oxygens (including phenoxy) is 2. The quantitative estimate of drug-likeness (QED) is 0.549. The molecule has 34 heavy (non-hydrogen) atoms. The zero-order chi connectivity index (χ0) is 24.6. The lowest BCUT2D eigenvalue weighted by Crippen LogP contribution is -2.33. The van der Waals surface area contributed by atoms with Gasteiger partial charge in [-0.2, -0.15) is 4.31 Å². The molecule has 0 spiro atoms. The van der Waals surface area contributed by atoms with Crippen LogP contribution in [0.1, 0.15) is 31.2 Å². The van der Waals surface area contributed by atoms with E-state index in [4.69, 9.17) is 9.47 Å². The fraction of sp³-hybridized carbons (Fsp3) is 0.480. The van der Waals surface area contributed by atoms with Crippen molar-refractivity contribution >= 4 is 21.6 Å². The molecular weight excluding hydrogens is 454 g/mol. The summed E-state index contributed by atoms with van der Waals surface area (Å²) in [6.45, 7) is 4.19. The van der Waals surface area contributed by atoms with Gasteiger partial charge in [0.05, 0.1) is 24.2 Å². The first-order valence-electron chi connectivity index (χ1n) is 11.7. The molecule has 2 aromatic rings. The van der Waals surface area contributed by atoms with Gasteiger partial charge in [-0.05, 0) is 57.1 Å². The summed E-state index contributed by atoms with van der Waals surface area (Å²) in [4.78, 5) is 14.7. The van der Waals surface area contributed by atoms with Crippen LogP contribution in [0, 0.1) is 6.92 Å². The van der Waals surface area contributed by atoms with E-state index in [2.05, 4.69) is 5.32 Å². The fourth-order valence-corrected chi connectivity index (χ4v) is 5.39. The van der Waals surface area contributed by atoms with E-state index in [9.17, 15) is 13.2 Å². The molecule has 0 saturated carbocycles. The number of sulfonamides is 1. The van der Waals surface area contributed by atoms with Gasteiger partial charge in [-0.15, -0.1) is 0 Å². The molecule has 1 aliphatic heterocycles. The lowest BCUT2D eigenvalue weighted by molar-refractivity contribution is -0.117. The Morgan fingerprint density at radius 3 is 2.38 bits per heavy atom. The first-order chi connectivity index (χ1) is 16.3. The highest BCUT2D eigenvalue weighted by Crippen LogP contribution is 2.29. The highest BCUT2D eigenvalue weighted by molar-refractivity contribution is 7.89. The standard InChI is InChI=1S/C25H35N3O5S/c1-20-8-10-21(11-9-20)33-17-16-27(2)19-25(29)26-23-18-22(12-13-24(23)32-3)34(30,31)28-14-6-4-5-7-15-28/h8-13,18H,4-7,14-17,19H2,1-3H3,(H,26,29). The second-order valence-electron chi connectivity index (χ2n) is 8.63. The van der Waals surface area contributed by atoms with Gasteiger partial charge in [-0.3, -0.25) is 9.69 Å². The monoisotopic (exact) mass is 489 g/mol. The lowest BCUT2D eigenvalue weighted by atomic mass is 10.2. The van der Waals surface area contributed by atoms with Crippen molar-refractivity contribution in [2.24, 2.45) is 0 Å². The number of rotatable bonds is 10. The van der Waals surface area contributed by atoms with Crippen molar-refractivity contribution in [3.05, 3.63) is 48.0 Å². The van der Waals surface area contributed by atoms with Crippen LogP contribution < -0.4 is 14.8 Å². The van der Waals surface area contributed by atoms with E-state index >= 15 is 0 Å². The minimum absolute atomic E-state index is 0.128. The van der Waals surface area contributed by atoms with E-state index in [1.807, 2.05) is 43.1 Å². The maximum absolute atomic E-state index is 13.2. The molecule has 1 saturated heterocycles. The van der Waals surface area contributed by atoms with Gasteiger partial charge in [0.1, 0.15) is 18.1 Å². The van der Waals surface area contributed by atoms with Gasteiger partial charge in [-0.1, -0.05) is 30.5 Å². The predicted molar refractivity (Wildman–Crippen MR) is 133 cm³/mol. The number of hydrogen-bond donors (Lipinski definition) is 1. The Balaban J connectivity index is 1.59. The lowest BCUT2D eigenvalue weighted by Gasteiger charge is -2.21. The summed E-state index contributed by atoms with van der Waals surface area (Å²) in [6, 6.07) is 12.4. The Kier molecular flexibility index (Phi) is 9.32. The molecule has 1 heterocycles. The highest BCUT2D eigenvalue weighted by atomic mass is 32.2. The van der Waals surface area contributed by atoms with Crippen LogP contribution in [0.25, 0.3) is 0 Å². The van der Waals surface area contributed by atoms with Crippen molar-refractivity contribution in [1.82, 2.24) is 9.21 Å². The first kappa shape index (κ1) is 26.0. The molecule has 0 atom stereocenters. The Labute approximate surface area is 202 Å². The zero-order valence-electron chi connectivity index (χ0n) is 20.2. The summed E-state index contributed by atoms with van der Waals surface area (Å²) in [6.07, 6.45) is 3.80. The zero-order valence-corrected chi connectivity index (χ0v) is 21.1. The first-order valence-corrected chi connectivity index (χ1v) is 13.1. The van der Waals surface area contributed by atoms with Gasteiger partial charge < -0.3 is 14.8 Å². The molecule has 186 valence electrons. The summed E-state index contributed by atoms with van der Waals surface area (Å²) in [7, 11) is -0.316. The molecule has 1 N–H and O–H groups in total. The number of amides is 1. The Hall–Kier alpha value is -2.62. The highest BCUT2D eigenvalue weighted by Gasteiger charge is 2.26. The molecule has 2 aromatic carbocycles. The number of carbonyl (C=O) groups is 1. The molecule has 0 aliphatic carbocycles. The number of methoxy groups -OCH3 is 1. The van der Waals surface area contributed by atoms with Crippen LogP contribution in [0.15, 0.2) is 47.4 Å². The molecule has 1 amide bonds. The SMILES string of the molecule is COc1ccc(S(=O)(=O)N2CCCCCC2)cc1NC(=O)CN(C)CCOc1ccc(C)cc1. The molecule has 1 fully saturated rings. The minimum atomic E-state index is -3.63. The maximum atomic E-state index is 13.2. The fourth-order valence-electron chi connectivity index (χ4n) is 3.84. The predicted octanol–water partition coefficient (Wildman–Crippen LogP) is 3.52. The summed E-state index contributed by atoms with van der Waals surface area (Å²) >= 11 is 0. The number of benzene rings is 2. The van der Waals surface area contributed by atoms with Gasteiger partial charge in [0.15, 0.2) is 0 Å². The van der Waals surface area contributed by atoms with E-state index in [1.54, 1.807) is 6.07 Å². The molecule has 0 bridgehead atoms. The largest absolute Gasteiger partial charge is 0.495 e. The molecular formula is C25H35N3O5S. The van der Waals surface area contributed by atoms with Crippen molar-refractivity contribution in [2.75, 3.05) is 52.3 Å². The second kappa shape index (κ2) is 12.2. The molecule has 0 unspecified atom stereocenters. The summed E-state index contributed by atoms with van der Waals surface area (Å²) in [5.74, 6) is 0.935. The Bertz CT molecular complexity index is 1050. The van der Waals surface area contributed by atoms with Crippen LogP contribution in [-0.2, 0) is 14.8 Å². The molecule has 3 rings (SSSR count). The van der Waals surface area contributed by atoms with Crippen molar-refractivity contribution < 1.29 is 22.7 Å². The van der Waals surface area contributed by atoms with Gasteiger partial charge in [0.2, 0.25) is 15.9 Å². The maximum Gasteiger partial charge on any atom is 0.243 e. The van der Waals surface area contributed by atoms with Crippen LogP contribution >= 0.6 is 0 Å². The van der Waals surface area contributed by atoms with Gasteiger partial charge in [0, 0.05) is 19.6 Å². The molecule has 8 nitrogen and oxygen atoms in total. The third-order valence-electron chi connectivity index (χ3n) is 5.82. The van der Waals surface area contributed by atoms with Gasteiger partial charge in [-0.25, -0.2) is 8.42 Å². The van der Waals surface area contributed by atoms with Crippen LogP contribution in [0.2, 0.25) is 0 Å². The van der Waals surface area contributed by atoms with Gasteiger partial charge >= 0.3 is 0 Å². The topological polar surface area (TPSA) is 88.2 Å². The smallest absolute Gasteiger partial charge is 0.243 e. The van der Waals surface area contributed by atoms with Crippen molar-refractivity contribution in [3.63, 3.8) is 0 Å². The van der Waals surface area contributed by atoms with Crippen molar-refractivity contribution in [3.8, 4) is 11.5 Å². The molecule has 1 aliphatic rings. The van der Waals surface area contributed by atoms with E-state index < -0.39 is 10.0 Å². The van der Waals surface area contributed by atoms with E-state index in [1.165, 1.54) is 29.1 Å². The van der Waals surface area contributed by atoms with Gasteiger partial charge in [0.25, 0.3) is 0 Å². The number of nitrogens with one attached hydrogen (secondary N) is 1. The summed E-state index contributed by atoms with van der Waals surface area (Å²) in [5, 5.41) is 2.81. The minimum Gasteiger partial charge on any atom is -0.495 e. The summed E-state index contributed by atoms with van der Waals surface area (Å²) < 4.78 is 38.9. The molecule has 0 radical (unpaired) electrons. The third kappa shape index (κ3) is 7.19. The van der Waals surface area contributed by atoms with Crippen LogP contribution in [0.4, 0.5) is 5.69 Å². The molecule has 0 aromatic heterocycles. The Morgan fingerprint density at radius 2 is 1.74 bits per heavy atom. The Morgan fingerprint density at radius 1 is 1.06 bits per heavy atom. The van der Waals surface area contributed by atoms with Crippen molar-refractivity contribution in [2.45, 2.75) is 37.5 Å². The normalized spacial score (nSPS) is 15.1. The summed E-state index contributed by atoms with van der Waals surface area (Å²) in [5.41, 5.74) is 1.51. The second-order valence-corrected chi connectivity index (χ2v) is 10.6. The van der Waals surface area contributed by atoms with E-state index in [-0.39, 0.29) is 17.3 Å². The number of aryl methyl sites for hydroxylation is 1. The van der Waals surface area contributed by atoms with E-state index in [0.717, 1.165) is 31.4 Å². The number of hydrogen-bond acceptors (Lipinski definition) is 6.